The Kier molecular flexibility index (Phi) is 8.96. The van der Waals surface area contributed by atoms with Crippen molar-refractivity contribution in [3.05, 3.63) is 29.3 Å². The number of anilines is 1. The Balaban J connectivity index is 3.40. The summed E-state index contributed by atoms with van der Waals surface area (Å²) >= 11 is 0. The highest BCUT2D eigenvalue weighted by molar-refractivity contribution is 5.85. The summed E-state index contributed by atoms with van der Waals surface area (Å²) in [4.78, 5) is 14.7. The molecule has 0 saturated heterocycles. The normalized spacial score (nSPS) is 12.9. The van der Waals surface area contributed by atoms with Crippen molar-refractivity contribution in [1.29, 1.82) is 5.26 Å². The van der Waals surface area contributed by atoms with E-state index in [0.29, 0.717) is 17.4 Å². The Morgan fingerprint density at radius 2 is 1.83 bits per heavy atom. The maximum Gasteiger partial charge on any atom is 0.417 e. The van der Waals surface area contributed by atoms with Crippen LogP contribution in [0.25, 0.3) is 0 Å². The number of nitrogens with zero attached hydrogens (tertiary/aromatic N) is 3. The molecule has 1 rings (SSSR count). The highest BCUT2D eigenvalue weighted by atomic mass is 19.4. The van der Waals surface area contributed by atoms with Gasteiger partial charge in [0.05, 0.1) is 23.8 Å². The van der Waals surface area contributed by atoms with Crippen LogP contribution in [0.15, 0.2) is 18.2 Å². The van der Waals surface area contributed by atoms with Crippen LogP contribution in [0.1, 0.15) is 31.4 Å². The first-order valence-electron chi connectivity index (χ1n) is 9.08. The molecular weight excluding hydrogens is 416 g/mol. The molecule has 1 aromatic carbocycles. The minimum absolute atomic E-state index is 0.133. The molecule has 0 radical (unpaired) electrons. The lowest BCUT2D eigenvalue weighted by Crippen LogP contribution is -2.51. The Morgan fingerprint density at radius 1 is 1.20 bits per heavy atom. The topological polar surface area (TPSA) is 56.6 Å². The van der Waals surface area contributed by atoms with Gasteiger partial charge in [0.25, 0.3) is 0 Å². The van der Waals surface area contributed by atoms with Gasteiger partial charge >= 0.3 is 12.4 Å². The van der Waals surface area contributed by atoms with E-state index in [0.717, 1.165) is 12.1 Å². The number of methoxy groups -OCH3 is 1. The number of halogens is 6. The van der Waals surface area contributed by atoms with Gasteiger partial charge in [-0.05, 0) is 31.5 Å². The van der Waals surface area contributed by atoms with E-state index in [1.807, 2.05) is 0 Å². The lowest BCUT2D eigenvalue weighted by molar-refractivity contribution is -0.137. The molecule has 0 fully saturated rings. The molecule has 168 valence electrons. The SMILES string of the molecule is CCCN(CCOC)C(=O)C(C)N(CC(F)(F)F)c1ccc(C#N)c(C(F)(F)F)c1. The molecule has 0 heterocycles. The highest BCUT2D eigenvalue weighted by Gasteiger charge is 2.38. The molecule has 0 N–H and O–H groups in total. The van der Waals surface area contributed by atoms with Gasteiger partial charge in [0.2, 0.25) is 5.91 Å². The van der Waals surface area contributed by atoms with Gasteiger partial charge in [-0.2, -0.15) is 31.6 Å². The molecule has 0 aliphatic heterocycles. The number of ether oxygens (including phenoxy) is 1. The number of benzene rings is 1. The van der Waals surface area contributed by atoms with Crippen molar-refractivity contribution in [3.8, 4) is 6.07 Å². The molecule has 5 nitrogen and oxygen atoms in total. The molecule has 0 saturated carbocycles. The van der Waals surface area contributed by atoms with Crippen LogP contribution in [0.5, 0.6) is 0 Å². The summed E-state index contributed by atoms with van der Waals surface area (Å²) < 4.78 is 84.3. The van der Waals surface area contributed by atoms with Gasteiger partial charge in [-0.25, -0.2) is 0 Å². The number of hydrogen-bond donors (Lipinski definition) is 0. The van der Waals surface area contributed by atoms with E-state index in [1.54, 1.807) is 6.92 Å². The molecule has 0 spiro atoms. The Morgan fingerprint density at radius 3 is 2.30 bits per heavy atom. The third kappa shape index (κ3) is 7.09. The fourth-order valence-electron chi connectivity index (χ4n) is 2.89. The predicted molar refractivity (Wildman–Crippen MR) is 97.8 cm³/mol. The van der Waals surface area contributed by atoms with Crippen LogP contribution >= 0.6 is 0 Å². The monoisotopic (exact) mass is 439 g/mol. The lowest BCUT2D eigenvalue weighted by atomic mass is 10.1. The van der Waals surface area contributed by atoms with E-state index in [4.69, 9.17) is 10.00 Å². The second-order valence-corrected chi connectivity index (χ2v) is 6.58. The second-order valence-electron chi connectivity index (χ2n) is 6.58. The average molecular weight is 439 g/mol. The minimum atomic E-state index is -4.94. The molecule has 0 aromatic heterocycles. The first-order valence-corrected chi connectivity index (χ1v) is 9.08. The number of rotatable bonds is 9. The third-order valence-corrected chi connectivity index (χ3v) is 4.31. The molecule has 30 heavy (non-hydrogen) atoms. The van der Waals surface area contributed by atoms with Crippen molar-refractivity contribution in [1.82, 2.24) is 4.90 Å². The quantitative estimate of drug-likeness (QED) is 0.541. The summed E-state index contributed by atoms with van der Waals surface area (Å²) in [6.45, 7) is 1.90. The lowest BCUT2D eigenvalue weighted by Gasteiger charge is -2.35. The Labute approximate surface area is 170 Å². The Bertz CT molecular complexity index is 758. The summed E-state index contributed by atoms with van der Waals surface area (Å²) in [6, 6.07) is 2.22. The standard InChI is InChI=1S/C19H23F6N3O2/c1-4-7-27(8-9-30-3)17(29)13(2)28(12-18(20,21)22)15-6-5-14(11-26)16(10-15)19(23,24)25/h5-6,10,13H,4,7-9,12H2,1-3H3. The fraction of sp³-hybridized carbons (Fsp3) is 0.579. The van der Waals surface area contributed by atoms with Crippen LogP contribution in [0.2, 0.25) is 0 Å². The second kappa shape index (κ2) is 10.5. The van der Waals surface area contributed by atoms with Crippen molar-refractivity contribution in [2.75, 3.05) is 38.3 Å². The molecule has 1 amide bonds. The molecule has 0 bridgehead atoms. The van der Waals surface area contributed by atoms with Crippen molar-refractivity contribution in [2.24, 2.45) is 0 Å². The zero-order valence-electron chi connectivity index (χ0n) is 16.8. The number of alkyl halides is 6. The molecule has 1 unspecified atom stereocenters. The molecule has 1 atom stereocenters. The molecular formula is C19H23F6N3O2. The van der Waals surface area contributed by atoms with Gasteiger partial charge in [-0.3, -0.25) is 4.79 Å². The van der Waals surface area contributed by atoms with Gasteiger partial charge in [0, 0.05) is 25.9 Å². The van der Waals surface area contributed by atoms with E-state index in [1.165, 1.54) is 25.0 Å². The van der Waals surface area contributed by atoms with E-state index < -0.39 is 47.7 Å². The maximum atomic E-state index is 13.3. The molecule has 0 aliphatic carbocycles. The zero-order valence-corrected chi connectivity index (χ0v) is 16.8. The summed E-state index contributed by atoms with van der Waals surface area (Å²) in [5.41, 5.74) is -2.54. The van der Waals surface area contributed by atoms with Gasteiger partial charge in [0.1, 0.15) is 12.6 Å². The first-order chi connectivity index (χ1) is 13.9. The molecule has 0 aliphatic rings. The predicted octanol–water partition coefficient (Wildman–Crippen LogP) is 4.22. The fourth-order valence-corrected chi connectivity index (χ4v) is 2.89. The largest absolute Gasteiger partial charge is 0.417 e. The molecule has 1 aromatic rings. The van der Waals surface area contributed by atoms with Crippen LogP contribution in [0.4, 0.5) is 32.0 Å². The van der Waals surface area contributed by atoms with Gasteiger partial charge in [-0.15, -0.1) is 0 Å². The number of carbonyl (C=O) groups is 1. The van der Waals surface area contributed by atoms with Crippen molar-refractivity contribution < 1.29 is 35.9 Å². The van der Waals surface area contributed by atoms with Crippen molar-refractivity contribution >= 4 is 11.6 Å². The van der Waals surface area contributed by atoms with Crippen LogP contribution in [0, 0.1) is 11.3 Å². The number of carbonyl (C=O) groups excluding carboxylic acids is 1. The zero-order chi connectivity index (χ0) is 23.1. The van der Waals surface area contributed by atoms with Gasteiger partial charge in [0.15, 0.2) is 0 Å². The smallest absolute Gasteiger partial charge is 0.383 e. The average Bonchev–Trinajstić information content (AvgIpc) is 2.66. The number of amides is 1. The summed E-state index contributed by atoms with van der Waals surface area (Å²) in [6.07, 6.45) is -9.18. The van der Waals surface area contributed by atoms with Gasteiger partial charge in [-0.1, -0.05) is 6.92 Å². The maximum absolute atomic E-state index is 13.3. The number of nitriles is 1. The van der Waals surface area contributed by atoms with E-state index in [9.17, 15) is 31.1 Å². The summed E-state index contributed by atoms with van der Waals surface area (Å²) in [5, 5.41) is 8.89. The van der Waals surface area contributed by atoms with E-state index in [2.05, 4.69) is 0 Å². The van der Waals surface area contributed by atoms with Crippen LogP contribution < -0.4 is 4.90 Å². The Hall–Kier alpha value is -2.48. The third-order valence-electron chi connectivity index (χ3n) is 4.31. The van der Waals surface area contributed by atoms with E-state index in [-0.39, 0.29) is 19.7 Å². The first kappa shape index (κ1) is 25.6. The minimum Gasteiger partial charge on any atom is -0.383 e. The molecule has 11 heteroatoms. The van der Waals surface area contributed by atoms with Crippen molar-refractivity contribution in [3.63, 3.8) is 0 Å². The van der Waals surface area contributed by atoms with Crippen LogP contribution in [-0.4, -0.2) is 56.4 Å². The highest BCUT2D eigenvalue weighted by Crippen LogP contribution is 2.35. The number of hydrogen-bond acceptors (Lipinski definition) is 4. The van der Waals surface area contributed by atoms with Crippen molar-refractivity contribution in [2.45, 2.75) is 38.7 Å². The van der Waals surface area contributed by atoms with E-state index >= 15 is 0 Å². The van der Waals surface area contributed by atoms with Crippen LogP contribution in [0.3, 0.4) is 0 Å². The van der Waals surface area contributed by atoms with Gasteiger partial charge < -0.3 is 14.5 Å². The summed E-state index contributed by atoms with van der Waals surface area (Å²) in [5.74, 6) is -0.670. The summed E-state index contributed by atoms with van der Waals surface area (Å²) in [7, 11) is 1.41. The van der Waals surface area contributed by atoms with Crippen LogP contribution in [-0.2, 0) is 15.7 Å².